The van der Waals surface area contributed by atoms with Crippen LogP contribution in [0.25, 0.3) is 0 Å². The van der Waals surface area contributed by atoms with Gasteiger partial charge in [0.2, 0.25) is 0 Å². The Morgan fingerprint density at radius 2 is 2.29 bits per heavy atom. The van der Waals surface area contributed by atoms with Gasteiger partial charge in [0.1, 0.15) is 0 Å². The number of nitrogens with zero attached hydrogens (tertiary/aromatic N) is 2. The summed E-state index contributed by atoms with van der Waals surface area (Å²) in [7, 11) is 0. The van der Waals surface area contributed by atoms with Gasteiger partial charge in [0.25, 0.3) is 5.56 Å². The van der Waals surface area contributed by atoms with E-state index in [2.05, 4.69) is 0 Å². The molecule has 0 aromatic carbocycles. The van der Waals surface area contributed by atoms with Gasteiger partial charge < -0.3 is 9.30 Å². The maximum Gasteiger partial charge on any atom is 0.330 e. The molecule has 0 bridgehead atoms. The van der Waals surface area contributed by atoms with Crippen molar-refractivity contribution < 1.29 is 4.74 Å². The molecule has 1 atom stereocenters. The van der Waals surface area contributed by atoms with Gasteiger partial charge >= 0.3 is 5.69 Å². The first-order valence-corrected chi connectivity index (χ1v) is 6.14. The van der Waals surface area contributed by atoms with E-state index in [1.54, 1.807) is 6.20 Å². The molecule has 0 spiro atoms. The fourth-order valence-corrected chi connectivity index (χ4v) is 2.15. The van der Waals surface area contributed by atoms with E-state index in [4.69, 9.17) is 4.74 Å². The summed E-state index contributed by atoms with van der Waals surface area (Å²) < 4.78 is 8.32. The first-order valence-electron chi connectivity index (χ1n) is 6.14. The summed E-state index contributed by atoms with van der Waals surface area (Å²) >= 11 is 0. The molecule has 5 heteroatoms. The molecule has 1 aromatic heterocycles. The second-order valence-electron chi connectivity index (χ2n) is 4.30. The van der Waals surface area contributed by atoms with Crippen molar-refractivity contribution in [3.05, 3.63) is 33.1 Å². The number of rotatable bonds is 4. The van der Waals surface area contributed by atoms with E-state index in [1.165, 1.54) is 15.2 Å². The summed E-state index contributed by atoms with van der Waals surface area (Å²) in [5.74, 6) is 0. The van der Waals surface area contributed by atoms with E-state index in [0.717, 1.165) is 25.9 Å². The highest BCUT2D eigenvalue weighted by Crippen LogP contribution is 2.15. The molecule has 0 amide bonds. The molecule has 17 heavy (non-hydrogen) atoms. The third-order valence-corrected chi connectivity index (χ3v) is 3.18. The molecule has 1 aliphatic heterocycles. The Bertz CT molecular complexity index is 483. The van der Waals surface area contributed by atoms with Gasteiger partial charge in [-0.05, 0) is 26.2 Å². The second-order valence-corrected chi connectivity index (χ2v) is 4.30. The SMILES string of the molecule is CCn1ccc(=O)n(CCC2CCCO2)c1=O. The Kier molecular flexibility index (Phi) is 3.78. The Balaban J connectivity index is 2.14. The smallest absolute Gasteiger partial charge is 0.330 e. The second kappa shape index (κ2) is 5.31. The molecule has 0 aliphatic carbocycles. The van der Waals surface area contributed by atoms with Crippen LogP contribution in [-0.4, -0.2) is 21.8 Å². The number of hydrogen-bond acceptors (Lipinski definition) is 3. The zero-order valence-corrected chi connectivity index (χ0v) is 10.1. The first kappa shape index (κ1) is 12.1. The van der Waals surface area contributed by atoms with E-state index in [-0.39, 0.29) is 17.4 Å². The van der Waals surface area contributed by atoms with E-state index >= 15 is 0 Å². The van der Waals surface area contributed by atoms with Crippen molar-refractivity contribution in [2.45, 2.75) is 45.4 Å². The lowest BCUT2D eigenvalue weighted by Gasteiger charge is -2.11. The van der Waals surface area contributed by atoms with E-state index in [0.29, 0.717) is 13.1 Å². The maximum atomic E-state index is 11.9. The Morgan fingerprint density at radius 3 is 2.94 bits per heavy atom. The number of hydrogen-bond donors (Lipinski definition) is 0. The zero-order chi connectivity index (χ0) is 12.3. The highest BCUT2D eigenvalue weighted by atomic mass is 16.5. The van der Waals surface area contributed by atoms with Crippen molar-refractivity contribution >= 4 is 0 Å². The molecular formula is C12H18N2O3. The van der Waals surface area contributed by atoms with Gasteiger partial charge in [-0.3, -0.25) is 9.36 Å². The van der Waals surface area contributed by atoms with Gasteiger partial charge in [-0.1, -0.05) is 0 Å². The van der Waals surface area contributed by atoms with Crippen molar-refractivity contribution in [3.8, 4) is 0 Å². The van der Waals surface area contributed by atoms with Crippen molar-refractivity contribution in [1.29, 1.82) is 0 Å². The summed E-state index contributed by atoms with van der Waals surface area (Å²) in [6.07, 6.45) is 4.60. The molecule has 1 saturated heterocycles. The number of aromatic nitrogens is 2. The zero-order valence-electron chi connectivity index (χ0n) is 10.1. The molecule has 2 rings (SSSR count). The molecule has 5 nitrogen and oxygen atoms in total. The molecule has 0 radical (unpaired) electrons. The standard InChI is InChI=1S/C12H18N2O3/c1-2-13-7-6-11(15)14(12(13)16)8-5-10-4-3-9-17-10/h6-7,10H,2-5,8-9H2,1H3. The molecule has 1 aromatic rings. The lowest BCUT2D eigenvalue weighted by Crippen LogP contribution is -2.39. The fourth-order valence-electron chi connectivity index (χ4n) is 2.15. The average molecular weight is 238 g/mol. The van der Waals surface area contributed by atoms with Gasteiger partial charge in [0.05, 0.1) is 6.10 Å². The van der Waals surface area contributed by atoms with Crippen LogP contribution in [0.15, 0.2) is 21.9 Å². The quantitative estimate of drug-likeness (QED) is 0.772. The number of aryl methyl sites for hydroxylation is 1. The van der Waals surface area contributed by atoms with Crippen LogP contribution < -0.4 is 11.2 Å². The summed E-state index contributed by atoms with van der Waals surface area (Å²) in [5.41, 5.74) is -0.448. The lowest BCUT2D eigenvalue weighted by molar-refractivity contribution is 0.0996. The monoisotopic (exact) mass is 238 g/mol. The molecule has 94 valence electrons. The largest absolute Gasteiger partial charge is 0.378 e. The van der Waals surface area contributed by atoms with Gasteiger partial charge in [-0.25, -0.2) is 4.79 Å². The summed E-state index contributed by atoms with van der Waals surface area (Å²) in [6.45, 7) is 3.71. The lowest BCUT2D eigenvalue weighted by atomic mass is 10.2. The summed E-state index contributed by atoms with van der Waals surface area (Å²) in [6, 6.07) is 1.44. The van der Waals surface area contributed by atoms with Gasteiger partial charge in [0, 0.05) is 32.0 Å². The van der Waals surface area contributed by atoms with Crippen LogP contribution in [0, 0.1) is 0 Å². The van der Waals surface area contributed by atoms with Crippen LogP contribution in [0.4, 0.5) is 0 Å². The van der Waals surface area contributed by atoms with Gasteiger partial charge in [-0.2, -0.15) is 0 Å². The van der Waals surface area contributed by atoms with Crippen LogP contribution in [0.2, 0.25) is 0 Å². The fraction of sp³-hybridized carbons (Fsp3) is 0.667. The van der Waals surface area contributed by atoms with Crippen molar-refractivity contribution in [2.24, 2.45) is 0 Å². The Morgan fingerprint density at radius 1 is 1.47 bits per heavy atom. The van der Waals surface area contributed by atoms with Crippen molar-refractivity contribution in [2.75, 3.05) is 6.61 Å². The average Bonchev–Trinajstić information content (AvgIpc) is 2.82. The van der Waals surface area contributed by atoms with E-state index < -0.39 is 0 Å². The van der Waals surface area contributed by atoms with Crippen molar-refractivity contribution in [3.63, 3.8) is 0 Å². The highest BCUT2D eigenvalue weighted by molar-refractivity contribution is 4.86. The van der Waals surface area contributed by atoms with Crippen LogP contribution >= 0.6 is 0 Å². The summed E-state index contributed by atoms with van der Waals surface area (Å²) in [5, 5.41) is 0. The molecule has 0 saturated carbocycles. The molecule has 1 aliphatic rings. The highest BCUT2D eigenvalue weighted by Gasteiger charge is 2.16. The van der Waals surface area contributed by atoms with E-state index in [1.807, 2.05) is 6.92 Å². The van der Waals surface area contributed by atoms with Crippen LogP contribution in [-0.2, 0) is 17.8 Å². The predicted molar refractivity (Wildman–Crippen MR) is 64.2 cm³/mol. The van der Waals surface area contributed by atoms with Crippen molar-refractivity contribution in [1.82, 2.24) is 9.13 Å². The van der Waals surface area contributed by atoms with Crippen LogP contribution in [0.5, 0.6) is 0 Å². The minimum atomic E-state index is -0.224. The van der Waals surface area contributed by atoms with Gasteiger partial charge in [0.15, 0.2) is 0 Å². The molecule has 1 fully saturated rings. The minimum Gasteiger partial charge on any atom is -0.378 e. The summed E-state index contributed by atoms with van der Waals surface area (Å²) in [4.78, 5) is 23.5. The minimum absolute atomic E-state index is 0.205. The van der Waals surface area contributed by atoms with Crippen LogP contribution in [0.1, 0.15) is 26.2 Å². The molecule has 2 heterocycles. The topological polar surface area (TPSA) is 53.2 Å². The maximum absolute atomic E-state index is 11.9. The molecule has 1 unspecified atom stereocenters. The predicted octanol–water partition coefficient (Wildman–Crippen LogP) is 0.599. The third kappa shape index (κ3) is 2.66. The normalized spacial score (nSPS) is 19.7. The third-order valence-electron chi connectivity index (χ3n) is 3.18. The number of ether oxygens (including phenoxy) is 1. The molecular weight excluding hydrogens is 220 g/mol. The Hall–Kier alpha value is -1.36. The van der Waals surface area contributed by atoms with E-state index in [9.17, 15) is 9.59 Å². The van der Waals surface area contributed by atoms with Gasteiger partial charge in [-0.15, -0.1) is 0 Å². The van der Waals surface area contributed by atoms with Crippen LogP contribution in [0.3, 0.4) is 0 Å². The molecule has 0 N–H and O–H groups in total. The Labute approximate surface area is 99.6 Å². The first-order chi connectivity index (χ1) is 8.22.